The molecule has 0 aromatic carbocycles. The first-order valence-electron chi connectivity index (χ1n) is 3.98. The molecule has 6 nitrogen and oxygen atoms in total. The smallest absolute Gasteiger partial charge is 0.337 e. The number of pyridine rings is 1. The second-order valence-corrected chi connectivity index (χ2v) is 3.64. The van der Waals surface area contributed by atoms with Gasteiger partial charge < -0.3 is 5.11 Å². The number of carboxylic acids is 1. The number of carbonyl (C=O) groups is 1. The van der Waals surface area contributed by atoms with Crippen LogP contribution < -0.4 is 0 Å². The lowest BCUT2D eigenvalue weighted by Crippen LogP contribution is -1.96. The molecular formula is C8H6N4O2S. The van der Waals surface area contributed by atoms with Crippen molar-refractivity contribution in [3.63, 3.8) is 0 Å². The summed E-state index contributed by atoms with van der Waals surface area (Å²) in [5.41, 5.74) is 0.166. The van der Waals surface area contributed by atoms with Crippen LogP contribution in [-0.2, 0) is 0 Å². The zero-order valence-corrected chi connectivity index (χ0v) is 8.23. The van der Waals surface area contributed by atoms with Crippen molar-refractivity contribution in [2.75, 3.05) is 0 Å². The van der Waals surface area contributed by atoms with E-state index < -0.39 is 5.97 Å². The number of aromatic carboxylic acids is 1. The molecule has 76 valence electrons. The molecule has 2 rings (SSSR count). The van der Waals surface area contributed by atoms with E-state index in [2.05, 4.69) is 20.4 Å². The van der Waals surface area contributed by atoms with Crippen LogP contribution in [0.2, 0.25) is 0 Å². The molecule has 0 saturated carbocycles. The van der Waals surface area contributed by atoms with Gasteiger partial charge in [-0.2, -0.15) is 10.3 Å². The van der Waals surface area contributed by atoms with Crippen molar-refractivity contribution in [1.29, 1.82) is 0 Å². The first kappa shape index (κ1) is 9.66. The number of aromatic nitrogens is 4. The van der Waals surface area contributed by atoms with Gasteiger partial charge in [0.2, 0.25) is 0 Å². The normalized spacial score (nSPS) is 10.1. The number of nitrogens with zero attached hydrogens (tertiary/aromatic N) is 3. The van der Waals surface area contributed by atoms with Crippen molar-refractivity contribution in [2.24, 2.45) is 0 Å². The van der Waals surface area contributed by atoms with Gasteiger partial charge in [-0.3, -0.25) is 0 Å². The van der Waals surface area contributed by atoms with Crippen LogP contribution in [-0.4, -0.2) is 31.5 Å². The summed E-state index contributed by atoms with van der Waals surface area (Å²) in [5.74, 6) is -0.986. The largest absolute Gasteiger partial charge is 0.478 e. The number of aromatic amines is 1. The molecule has 15 heavy (non-hydrogen) atoms. The standard InChI is InChI=1S/C8H6N4O2S/c13-8(14)5-1-2-6(9-3-5)15-7-4-10-12-11-7/h1-4H,(H,13,14)(H,10,11,12). The van der Waals surface area contributed by atoms with Gasteiger partial charge in [-0.25, -0.2) is 9.78 Å². The number of nitrogens with one attached hydrogen (secondary N) is 1. The van der Waals surface area contributed by atoms with Crippen LogP contribution in [0.4, 0.5) is 0 Å². The van der Waals surface area contributed by atoms with Crippen LogP contribution in [0.1, 0.15) is 10.4 Å². The first-order valence-corrected chi connectivity index (χ1v) is 4.80. The zero-order valence-electron chi connectivity index (χ0n) is 7.41. The maximum Gasteiger partial charge on any atom is 0.337 e. The molecule has 0 fully saturated rings. The minimum Gasteiger partial charge on any atom is -0.478 e. The van der Waals surface area contributed by atoms with E-state index in [9.17, 15) is 4.79 Å². The highest BCUT2D eigenvalue weighted by molar-refractivity contribution is 7.99. The van der Waals surface area contributed by atoms with E-state index in [-0.39, 0.29) is 5.56 Å². The van der Waals surface area contributed by atoms with Gasteiger partial charge in [0.15, 0.2) is 0 Å². The zero-order chi connectivity index (χ0) is 10.7. The molecule has 2 aromatic heterocycles. The van der Waals surface area contributed by atoms with Gasteiger partial charge in [0.1, 0.15) is 10.1 Å². The molecule has 2 N–H and O–H groups in total. The van der Waals surface area contributed by atoms with Gasteiger partial charge in [0.05, 0.1) is 11.8 Å². The molecule has 7 heteroatoms. The maximum atomic E-state index is 10.6. The van der Waals surface area contributed by atoms with E-state index in [1.54, 1.807) is 12.3 Å². The molecule has 2 heterocycles. The summed E-state index contributed by atoms with van der Waals surface area (Å²) in [4.78, 5) is 14.5. The molecule has 2 aromatic rings. The van der Waals surface area contributed by atoms with Crippen LogP contribution in [0.5, 0.6) is 0 Å². The lowest BCUT2D eigenvalue weighted by Gasteiger charge is -1.96. The second kappa shape index (κ2) is 4.09. The van der Waals surface area contributed by atoms with Gasteiger partial charge in [-0.1, -0.05) is 0 Å². The SMILES string of the molecule is O=C(O)c1ccc(Sc2cn[nH]n2)nc1. The van der Waals surface area contributed by atoms with Gasteiger partial charge in [-0.05, 0) is 23.9 Å². The second-order valence-electron chi connectivity index (χ2n) is 2.60. The van der Waals surface area contributed by atoms with Crippen LogP contribution in [0, 0.1) is 0 Å². The molecule has 0 aliphatic heterocycles. The summed E-state index contributed by atoms with van der Waals surface area (Å²) in [6.07, 6.45) is 2.88. The Morgan fingerprint density at radius 2 is 2.20 bits per heavy atom. The number of hydrogen-bond acceptors (Lipinski definition) is 5. The highest BCUT2D eigenvalue weighted by Crippen LogP contribution is 2.22. The van der Waals surface area contributed by atoms with Crippen molar-refractivity contribution < 1.29 is 9.90 Å². The Labute approximate surface area is 88.7 Å². The van der Waals surface area contributed by atoms with Crippen LogP contribution in [0.3, 0.4) is 0 Å². The highest BCUT2D eigenvalue weighted by Gasteiger charge is 2.04. The molecule has 0 aliphatic carbocycles. The lowest BCUT2D eigenvalue weighted by atomic mass is 10.3. The van der Waals surface area contributed by atoms with Crippen LogP contribution in [0.25, 0.3) is 0 Å². The van der Waals surface area contributed by atoms with E-state index in [4.69, 9.17) is 5.11 Å². The Hall–Kier alpha value is -1.89. The number of hydrogen-bond donors (Lipinski definition) is 2. The molecule has 0 bridgehead atoms. The molecule has 0 atom stereocenters. The summed E-state index contributed by atoms with van der Waals surface area (Å²) in [5, 5.41) is 20.0. The fourth-order valence-electron chi connectivity index (χ4n) is 0.915. The summed E-state index contributed by atoms with van der Waals surface area (Å²) in [6.45, 7) is 0. The summed E-state index contributed by atoms with van der Waals surface area (Å²) >= 11 is 1.31. The van der Waals surface area contributed by atoms with Crippen molar-refractivity contribution in [3.8, 4) is 0 Å². The van der Waals surface area contributed by atoms with Gasteiger partial charge in [-0.15, -0.1) is 5.10 Å². The third-order valence-electron chi connectivity index (χ3n) is 1.59. The Balaban J connectivity index is 2.14. The Bertz CT molecular complexity index is 454. The fraction of sp³-hybridized carbons (Fsp3) is 0. The molecule has 0 radical (unpaired) electrons. The van der Waals surface area contributed by atoms with E-state index in [0.717, 1.165) is 0 Å². The topological polar surface area (TPSA) is 91.8 Å². The highest BCUT2D eigenvalue weighted by atomic mass is 32.2. The molecule has 0 saturated heterocycles. The van der Waals surface area contributed by atoms with E-state index in [1.165, 1.54) is 24.0 Å². The fourth-order valence-corrected chi connectivity index (χ4v) is 1.56. The predicted molar refractivity (Wildman–Crippen MR) is 51.7 cm³/mol. The molecular weight excluding hydrogens is 216 g/mol. The summed E-state index contributed by atoms with van der Waals surface area (Å²) in [7, 11) is 0. The molecule has 0 unspecified atom stereocenters. The third-order valence-corrected chi connectivity index (χ3v) is 2.44. The average molecular weight is 222 g/mol. The Morgan fingerprint density at radius 3 is 2.73 bits per heavy atom. The van der Waals surface area contributed by atoms with E-state index in [1.807, 2.05) is 0 Å². The summed E-state index contributed by atoms with van der Waals surface area (Å²) in [6, 6.07) is 3.13. The molecule has 0 aliphatic rings. The lowest BCUT2D eigenvalue weighted by molar-refractivity contribution is 0.0696. The summed E-state index contributed by atoms with van der Waals surface area (Å²) < 4.78 is 0. The van der Waals surface area contributed by atoms with Gasteiger partial charge >= 0.3 is 5.97 Å². The first-order chi connectivity index (χ1) is 7.25. The minimum atomic E-state index is -0.986. The number of rotatable bonds is 3. The van der Waals surface area contributed by atoms with Crippen molar-refractivity contribution in [1.82, 2.24) is 20.4 Å². The van der Waals surface area contributed by atoms with E-state index >= 15 is 0 Å². The number of H-pyrrole nitrogens is 1. The van der Waals surface area contributed by atoms with Crippen molar-refractivity contribution >= 4 is 17.7 Å². The van der Waals surface area contributed by atoms with Crippen molar-refractivity contribution in [3.05, 3.63) is 30.1 Å². The number of carboxylic acid groups (broad SMARTS) is 1. The maximum absolute atomic E-state index is 10.6. The molecule has 0 spiro atoms. The Morgan fingerprint density at radius 1 is 1.33 bits per heavy atom. The van der Waals surface area contributed by atoms with E-state index in [0.29, 0.717) is 10.1 Å². The quantitative estimate of drug-likeness (QED) is 0.806. The van der Waals surface area contributed by atoms with Crippen LogP contribution in [0.15, 0.2) is 34.6 Å². The minimum absolute atomic E-state index is 0.166. The average Bonchev–Trinajstić information content (AvgIpc) is 2.71. The van der Waals surface area contributed by atoms with Crippen molar-refractivity contribution in [2.45, 2.75) is 10.1 Å². The Kier molecular flexibility index (Phi) is 2.64. The van der Waals surface area contributed by atoms with Crippen LogP contribution >= 0.6 is 11.8 Å². The van der Waals surface area contributed by atoms with Gasteiger partial charge in [0, 0.05) is 6.20 Å². The van der Waals surface area contributed by atoms with Gasteiger partial charge in [0.25, 0.3) is 0 Å². The predicted octanol–water partition coefficient (Wildman–Crippen LogP) is 1.05. The third kappa shape index (κ3) is 2.32. The monoisotopic (exact) mass is 222 g/mol. The molecule has 0 amide bonds.